The SMILES string of the molecule is CC(C)Cn1c(=O)c2sccc2n2c(=O)n(CC(=O)Nc3ccccc3C(F)(F)F)nc12. The number of fused-ring (bicyclic) bond motifs is 3. The van der Waals surface area contributed by atoms with Gasteiger partial charge in [0.1, 0.15) is 11.2 Å². The Morgan fingerprint density at radius 3 is 2.59 bits per heavy atom. The number of nitrogens with one attached hydrogen (secondary N) is 1. The summed E-state index contributed by atoms with van der Waals surface area (Å²) in [7, 11) is 0. The van der Waals surface area contributed by atoms with E-state index in [-0.39, 0.29) is 17.3 Å². The first kappa shape index (κ1) is 21.8. The van der Waals surface area contributed by atoms with E-state index in [0.717, 1.165) is 16.8 Å². The van der Waals surface area contributed by atoms with Crippen molar-refractivity contribution in [2.75, 3.05) is 5.32 Å². The number of hydrogen-bond acceptors (Lipinski definition) is 5. The third-order valence-electron chi connectivity index (χ3n) is 4.74. The van der Waals surface area contributed by atoms with E-state index >= 15 is 0 Å². The normalized spacial score (nSPS) is 12.2. The zero-order valence-electron chi connectivity index (χ0n) is 17.0. The first-order valence-corrected chi connectivity index (χ1v) is 10.5. The molecule has 4 aromatic rings. The van der Waals surface area contributed by atoms with Crippen LogP contribution in [0.1, 0.15) is 19.4 Å². The largest absolute Gasteiger partial charge is 0.418 e. The van der Waals surface area contributed by atoms with Crippen LogP contribution in [0.4, 0.5) is 18.9 Å². The maximum Gasteiger partial charge on any atom is 0.418 e. The van der Waals surface area contributed by atoms with Crippen molar-refractivity contribution in [1.29, 1.82) is 0 Å². The average Bonchev–Trinajstić information content (AvgIpc) is 3.30. The Balaban J connectivity index is 1.75. The summed E-state index contributed by atoms with van der Waals surface area (Å²) in [5.41, 5.74) is -2.01. The van der Waals surface area contributed by atoms with Crippen LogP contribution < -0.4 is 16.6 Å². The molecule has 4 rings (SSSR count). The fourth-order valence-electron chi connectivity index (χ4n) is 3.43. The van der Waals surface area contributed by atoms with Gasteiger partial charge in [-0.3, -0.25) is 14.2 Å². The first-order chi connectivity index (χ1) is 15.1. The van der Waals surface area contributed by atoms with Crippen LogP contribution in [0.2, 0.25) is 0 Å². The van der Waals surface area contributed by atoms with Crippen molar-refractivity contribution in [2.45, 2.75) is 33.1 Å². The second-order valence-electron chi connectivity index (χ2n) is 7.61. The number of amides is 1. The fraction of sp³-hybridized carbons (Fsp3) is 0.300. The quantitative estimate of drug-likeness (QED) is 0.490. The van der Waals surface area contributed by atoms with Crippen LogP contribution in [0.5, 0.6) is 0 Å². The standard InChI is InChI=1S/C20H18F3N5O3S/c1-11(2)9-26-17(30)16-14(7-8-32-16)28-18(26)25-27(19(28)31)10-15(29)24-13-6-4-3-5-12(13)20(21,22)23/h3-8,11H,9-10H2,1-2H3,(H,24,29). The third-order valence-corrected chi connectivity index (χ3v) is 5.63. The van der Waals surface area contributed by atoms with Gasteiger partial charge < -0.3 is 5.32 Å². The summed E-state index contributed by atoms with van der Waals surface area (Å²) in [6.45, 7) is 3.50. The monoisotopic (exact) mass is 465 g/mol. The van der Waals surface area contributed by atoms with Crippen LogP contribution in [-0.4, -0.2) is 24.7 Å². The topological polar surface area (TPSA) is 90.4 Å². The van der Waals surface area contributed by atoms with E-state index in [1.54, 1.807) is 11.4 Å². The smallest absolute Gasteiger partial charge is 0.324 e. The molecule has 0 fully saturated rings. The van der Waals surface area contributed by atoms with Crippen LogP contribution in [0.25, 0.3) is 16.0 Å². The minimum Gasteiger partial charge on any atom is -0.324 e. The van der Waals surface area contributed by atoms with E-state index in [2.05, 4.69) is 10.4 Å². The molecule has 1 N–H and O–H groups in total. The molecular weight excluding hydrogens is 447 g/mol. The number of hydrogen-bond donors (Lipinski definition) is 1. The Kier molecular flexibility index (Phi) is 5.41. The van der Waals surface area contributed by atoms with Crippen molar-refractivity contribution in [2.24, 2.45) is 5.92 Å². The van der Waals surface area contributed by atoms with Crippen molar-refractivity contribution < 1.29 is 18.0 Å². The van der Waals surface area contributed by atoms with Gasteiger partial charge in [0.2, 0.25) is 11.7 Å². The Hall–Kier alpha value is -3.41. The molecule has 1 amide bonds. The van der Waals surface area contributed by atoms with E-state index in [1.807, 2.05) is 13.8 Å². The number of rotatable bonds is 5. The number of benzene rings is 1. The van der Waals surface area contributed by atoms with E-state index in [1.165, 1.54) is 32.4 Å². The number of halogens is 3. The Morgan fingerprint density at radius 2 is 1.91 bits per heavy atom. The van der Waals surface area contributed by atoms with Crippen molar-refractivity contribution >= 4 is 38.9 Å². The summed E-state index contributed by atoms with van der Waals surface area (Å²) < 4.78 is 43.4. The molecule has 0 aliphatic heterocycles. The minimum atomic E-state index is -4.65. The minimum absolute atomic E-state index is 0.0723. The molecule has 0 aliphatic rings. The summed E-state index contributed by atoms with van der Waals surface area (Å²) in [6.07, 6.45) is -4.65. The predicted octanol–water partition coefficient (Wildman–Crippen LogP) is 3.19. The number of alkyl halides is 3. The highest BCUT2D eigenvalue weighted by molar-refractivity contribution is 7.17. The van der Waals surface area contributed by atoms with Gasteiger partial charge in [0.05, 0.1) is 16.8 Å². The number of carbonyl (C=O) groups excluding carboxylic acids is 1. The molecule has 0 atom stereocenters. The van der Waals surface area contributed by atoms with Gasteiger partial charge in [-0.05, 0) is 29.5 Å². The van der Waals surface area contributed by atoms with Crippen LogP contribution in [0, 0.1) is 5.92 Å². The Bertz CT molecular complexity index is 1440. The van der Waals surface area contributed by atoms with Gasteiger partial charge in [-0.2, -0.15) is 13.2 Å². The number of nitrogens with zero attached hydrogens (tertiary/aromatic N) is 4. The van der Waals surface area contributed by atoms with Crippen molar-refractivity contribution in [3.8, 4) is 0 Å². The Labute approximate surface area is 182 Å². The highest BCUT2D eigenvalue weighted by Crippen LogP contribution is 2.34. The van der Waals surface area contributed by atoms with E-state index in [9.17, 15) is 27.6 Å². The molecule has 12 heteroatoms. The second kappa shape index (κ2) is 7.93. The highest BCUT2D eigenvalue weighted by Gasteiger charge is 2.33. The van der Waals surface area contributed by atoms with E-state index < -0.39 is 35.6 Å². The van der Waals surface area contributed by atoms with E-state index in [0.29, 0.717) is 16.8 Å². The molecule has 168 valence electrons. The molecular formula is C20H18F3N5O3S. The lowest BCUT2D eigenvalue weighted by atomic mass is 10.1. The molecule has 8 nitrogen and oxygen atoms in total. The molecule has 3 aromatic heterocycles. The van der Waals surface area contributed by atoms with Gasteiger partial charge in [-0.15, -0.1) is 16.4 Å². The lowest BCUT2D eigenvalue weighted by Gasteiger charge is -2.13. The summed E-state index contributed by atoms with van der Waals surface area (Å²) in [5, 5.41) is 8.03. The summed E-state index contributed by atoms with van der Waals surface area (Å²) in [5.74, 6) is -0.703. The van der Waals surface area contributed by atoms with Crippen molar-refractivity contribution in [3.05, 3.63) is 62.1 Å². The fourth-order valence-corrected chi connectivity index (χ4v) is 4.26. The van der Waals surface area contributed by atoms with Crippen LogP contribution >= 0.6 is 11.3 Å². The number of para-hydroxylation sites is 1. The lowest BCUT2D eigenvalue weighted by molar-refractivity contribution is -0.137. The lowest BCUT2D eigenvalue weighted by Crippen LogP contribution is -2.29. The van der Waals surface area contributed by atoms with Gasteiger partial charge in [0.15, 0.2) is 0 Å². The second-order valence-corrected chi connectivity index (χ2v) is 8.53. The zero-order valence-corrected chi connectivity index (χ0v) is 17.8. The number of anilines is 1. The molecule has 0 unspecified atom stereocenters. The maximum absolute atomic E-state index is 13.2. The summed E-state index contributed by atoms with van der Waals surface area (Å²) >= 11 is 1.19. The number of aromatic nitrogens is 4. The summed E-state index contributed by atoms with van der Waals surface area (Å²) in [6, 6.07) is 6.17. The maximum atomic E-state index is 13.2. The molecule has 0 aliphatic carbocycles. The van der Waals surface area contributed by atoms with Gasteiger partial charge in [-0.25, -0.2) is 13.9 Å². The molecule has 0 saturated heterocycles. The van der Waals surface area contributed by atoms with Crippen LogP contribution in [0.15, 0.2) is 45.3 Å². The van der Waals surface area contributed by atoms with Crippen LogP contribution in [0.3, 0.4) is 0 Å². The van der Waals surface area contributed by atoms with Gasteiger partial charge >= 0.3 is 11.9 Å². The highest BCUT2D eigenvalue weighted by atomic mass is 32.1. The molecule has 3 heterocycles. The predicted molar refractivity (Wildman–Crippen MR) is 114 cm³/mol. The van der Waals surface area contributed by atoms with Crippen molar-refractivity contribution in [1.82, 2.24) is 18.7 Å². The van der Waals surface area contributed by atoms with Crippen LogP contribution in [-0.2, 0) is 24.1 Å². The number of carbonyl (C=O) groups is 1. The first-order valence-electron chi connectivity index (χ1n) is 9.63. The van der Waals surface area contributed by atoms with Gasteiger partial charge in [0, 0.05) is 6.54 Å². The molecule has 0 bridgehead atoms. The van der Waals surface area contributed by atoms with Gasteiger partial charge in [-0.1, -0.05) is 26.0 Å². The molecule has 1 aromatic carbocycles. The van der Waals surface area contributed by atoms with E-state index in [4.69, 9.17) is 0 Å². The molecule has 0 saturated carbocycles. The zero-order chi connectivity index (χ0) is 23.2. The Morgan fingerprint density at radius 1 is 1.19 bits per heavy atom. The van der Waals surface area contributed by atoms with Crippen molar-refractivity contribution in [3.63, 3.8) is 0 Å². The number of thiophene rings is 1. The molecule has 0 radical (unpaired) electrons. The molecule has 0 spiro atoms. The molecule has 32 heavy (non-hydrogen) atoms. The summed E-state index contributed by atoms with van der Waals surface area (Å²) in [4.78, 5) is 38.4. The average molecular weight is 465 g/mol. The third kappa shape index (κ3) is 3.81. The van der Waals surface area contributed by atoms with Gasteiger partial charge in [0.25, 0.3) is 5.56 Å².